The van der Waals surface area contributed by atoms with Crippen molar-refractivity contribution in [1.82, 2.24) is 9.55 Å². The summed E-state index contributed by atoms with van der Waals surface area (Å²) in [5.74, 6) is 0.451. The van der Waals surface area contributed by atoms with Crippen LogP contribution >= 0.6 is 7.82 Å². The third kappa shape index (κ3) is 7.59. The summed E-state index contributed by atoms with van der Waals surface area (Å²) in [6.45, 7) is 8.44. The Bertz CT molecular complexity index is 819. The van der Waals surface area contributed by atoms with Crippen LogP contribution in [-0.4, -0.2) is 46.9 Å². The van der Waals surface area contributed by atoms with Crippen LogP contribution in [0.4, 0.5) is 14.6 Å². The number of hydrogen-bond acceptors (Lipinski definition) is 8. The molecule has 4 unspecified atom stereocenters. The number of phosphoric ester groups is 1. The third-order valence-electron chi connectivity index (χ3n) is 4.82. The van der Waals surface area contributed by atoms with Crippen LogP contribution in [-0.2, 0) is 22.9 Å². The molecular weight excluding hydrogens is 447 g/mol. The summed E-state index contributed by atoms with van der Waals surface area (Å²) >= 11 is 0. The number of anilines is 1. The lowest BCUT2D eigenvalue weighted by atomic mass is 10.1. The Morgan fingerprint density at radius 1 is 1.28 bits per heavy atom. The molecule has 4 atom stereocenters. The Morgan fingerprint density at radius 2 is 1.94 bits per heavy atom. The van der Waals surface area contributed by atoms with Crippen molar-refractivity contribution in [1.29, 1.82) is 0 Å². The normalized spacial score (nSPS) is 24.9. The maximum absolute atomic E-state index is 13.6. The Hall–Kier alpha value is -1.39. The van der Waals surface area contributed by atoms with Crippen LogP contribution < -0.4 is 11.0 Å². The maximum atomic E-state index is 13.6. The van der Waals surface area contributed by atoms with Gasteiger partial charge in [0.05, 0.1) is 12.7 Å². The number of ether oxygens (including phenoxy) is 1. The van der Waals surface area contributed by atoms with E-state index >= 15 is 0 Å². The molecule has 0 aromatic carbocycles. The lowest BCUT2D eigenvalue weighted by molar-refractivity contribution is -0.172. The molecule has 9 nitrogen and oxygen atoms in total. The van der Waals surface area contributed by atoms with Crippen LogP contribution in [0, 0.1) is 0 Å². The van der Waals surface area contributed by atoms with E-state index in [9.17, 15) is 18.1 Å². The quantitative estimate of drug-likeness (QED) is 0.427. The van der Waals surface area contributed by atoms with E-state index in [0.717, 1.165) is 25.7 Å². The molecule has 2 rings (SSSR count). The largest absolute Gasteiger partial charge is 0.475 e. The highest BCUT2D eigenvalue weighted by Gasteiger charge is 2.47. The van der Waals surface area contributed by atoms with Crippen molar-refractivity contribution in [2.24, 2.45) is 0 Å². The van der Waals surface area contributed by atoms with Crippen LogP contribution in [0.2, 0.25) is 0 Å². The molecule has 1 aromatic rings. The second-order valence-corrected chi connectivity index (χ2v) is 9.57. The van der Waals surface area contributed by atoms with Gasteiger partial charge in [-0.25, -0.2) is 18.1 Å². The van der Waals surface area contributed by atoms with Gasteiger partial charge in [-0.1, -0.05) is 26.7 Å². The first-order valence-electron chi connectivity index (χ1n) is 11.0. The van der Waals surface area contributed by atoms with Crippen LogP contribution in [0.5, 0.6) is 0 Å². The predicted molar refractivity (Wildman–Crippen MR) is 116 cm³/mol. The minimum atomic E-state index is -4.12. The molecule has 1 saturated heterocycles. The minimum absolute atomic E-state index is 0.216. The number of hydrogen-bond donors (Lipinski definition) is 1. The number of alkyl halides is 2. The number of halogens is 2. The van der Waals surface area contributed by atoms with Crippen molar-refractivity contribution < 1.29 is 31.7 Å². The molecule has 1 aliphatic rings. The Kier molecular flexibility index (Phi) is 10.2. The van der Waals surface area contributed by atoms with E-state index in [-0.39, 0.29) is 6.04 Å². The van der Waals surface area contributed by atoms with Gasteiger partial charge >= 0.3 is 13.5 Å². The van der Waals surface area contributed by atoms with Gasteiger partial charge in [-0.3, -0.25) is 18.1 Å². The van der Waals surface area contributed by atoms with Crippen molar-refractivity contribution in [3.05, 3.63) is 22.7 Å². The standard InChI is InChI=1S/C20H34F2N3O6P/c1-6-8-15(9-7-2)23-17-10-11-25(20(26)24-17)14(5)29-16-12-28-32(27,30-13(3)4)31-18(16)19(21)22/h10-11,13-16,18-19H,6-9,12H2,1-5H3,(H,23,24,26). The molecule has 0 bridgehead atoms. The second-order valence-electron chi connectivity index (χ2n) is 8.00. The van der Waals surface area contributed by atoms with Gasteiger partial charge in [0.25, 0.3) is 6.43 Å². The fourth-order valence-electron chi connectivity index (χ4n) is 3.43. The van der Waals surface area contributed by atoms with Gasteiger partial charge in [-0.2, -0.15) is 4.98 Å². The molecule has 0 aliphatic carbocycles. The summed E-state index contributed by atoms with van der Waals surface area (Å²) < 4.78 is 61.4. The molecule has 0 spiro atoms. The summed E-state index contributed by atoms with van der Waals surface area (Å²) in [6, 6.07) is 1.86. The summed E-state index contributed by atoms with van der Waals surface area (Å²) in [7, 11) is -4.12. The third-order valence-corrected chi connectivity index (χ3v) is 6.47. The lowest BCUT2D eigenvalue weighted by Crippen LogP contribution is -2.45. The molecule has 184 valence electrons. The zero-order valence-corrected chi connectivity index (χ0v) is 20.1. The van der Waals surface area contributed by atoms with E-state index in [0.29, 0.717) is 5.82 Å². The predicted octanol–water partition coefficient (Wildman–Crippen LogP) is 4.74. The van der Waals surface area contributed by atoms with Gasteiger partial charge in [0, 0.05) is 12.2 Å². The zero-order valence-electron chi connectivity index (χ0n) is 19.2. The van der Waals surface area contributed by atoms with Crippen LogP contribution in [0.3, 0.4) is 0 Å². The first-order chi connectivity index (χ1) is 15.1. The highest BCUT2D eigenvalue weighted by atomic mass is 31.2. The average Bonchev–Trinajstić information content (AvgIpc) is 2.69. The van der Waals surface area contributed by atoms with E-state index in [1.54, 1.807) is 19.9 Å². The van der Waals surface area contributed by atoms with E-state index in [1.807, 2.05) is 0 Å². The van der Waals surface area contributed by atoms with Crippen LogP contribution in [0.1, 0.15) is 66.5 Å². The van der Waals surface area contributed by atoms with Crippen LogP contribution in [0.25, 0.3) is 0 Å². The maximum Gasteiger partial charge on any atom is 0.475 e. The minimum Gasteiger partial charge on any atom is -0.367 e. The average molecular weight is 481 g/mol. The summed E-state index contributed by atoms with van der Waals surface area (Å²) in [5.41, 5.74) is -0.589. The van der Waals surface area contributed by atoms with Gasteiger partial charge in [0.2, 0.25) is 0 Å². The molecular formula is C20H34F2N3O6P. The van der Waals surface area contributed by atoms with Crippen molar-refractivity contribution in [3.63, 3.8) is 0 Å². The van der Waals surface area contributed by atoms with Crippen molar-refractivity contribution in [3.8, 4) is 0 Å². The molecule has 1 N–H and O–H groups in total. The van der Waals surface area contributed by atoms with E-state index in [4.69, 9.17) is 18.3 Å². The number of nitrogens with one attached hydrogen (secondary N) is 1. The topological polar surface area (TPSA) is 101 Å². The van der Waals surface area contributed by atoms with Crippen molar-refractivity contribution in [2.75, 3.05) is 11.9 Å². The van der Waals surface area contributed by atoms with E-state index in [1.165, 1.54) is 17.7 Å². The summed E-state index contributed by atoms with van der Waals surface area (Å²) in [5, 5.41) is 3.27. The van der Waals surface area contributed by atoms with Crippen molar-refractivity contribution >= 4 is 13.6 Å². The highest BCUT2D eigenvalue weighted by molar-refractivity contribution is 7.48. The Balaban J connectivity index is 2.08. The lowest BCUT2D eigenvalue weighted by Gasteiger charge is -2.36. The highest BCUT2D eigenvalue weighted by Crippen LogP contribution is 2.55. The number of phosphoric acid groups is 1. The van der Waals surface area contributed by atoms with Gasteiger partial charge in [-0.05, 0) is 39.7 Å². The Labute approximate surface area is 187 Å². The molecule has 2 heterocycles. The van der Waals surface area contributed by atoms with E-state index in [2.05, 4.69) is 24.1 Å². The van der Waals surface area contributed by atoms with Gasteiger partial charge in [-0.15, -0.1) is 0 Å². The Morgan fingerprint density at radius 3 is 2.47 bits per heavy atom. The second kappa shape index (κ2) is 12.2. The molecule has 0 radical (unpaired) electrons. The summed E-state index contributed by atoms with van der Waals surface area (Å²) in [4.78, 5) is 16.6. The van der Waals surface area contributed by atoms with Crippen molar-refractivity contribution in [2.45, 2.75) is 97.3 Å². The first kappa shape index (κ1) is 26.9. The SMILES string of the molecule is CCCC(CCC)Nc1ccn(C(C)OC2COP(=O)(OC(C)C)OC2C(F)F)c(=O)n1. The molecule has 1 aromatic heterocycles. The molecule has 0 amide bonds. The summed E-state index contributed by atoms with van der Waals surface area (Å²) in [6.07, 6.45) is -2.14. The zero-order chi connectivity index (χ0) is 23.9. The first-order valence-corrected chi connectivity index (χ1v) is 12.4. The number of aromatic nitrogens is 2. The fourth-order valence-corrected chi connectivity index (χ4v) is 4.97. The smallest absolute Gasteiger partial charge is 0.367 e. The van der Waals surface area contributed by atoms with Gasteiger partial charge < -0.3 is 10.1 Å². The fraction of sp³-hybridized carbons (Fsp3) is 0.800. The molecule has 32 heavy (non-hydrogen) atoms. The number of nitrogens with zero attached hydrogens (tertiary/aromatic N) is 2. The molecule has 1 fully saturated rings. The van der Waals surface area contributed by atoms with Crippen LogP contribution in [0.15, 0.2) is 17.1 Å². The van der Waals surface area contributed by atoms with E-state index < -0.39 is 51.1 Å². The van der Waals surface area contributed by atoms with Gasteiger partial charge in [0.15, 0.2) is 6.10 Å². The molecule has 0 saturated carbocycles. The molecule has 1 aliphatic heterocycles. The van der Waals surface area contributed by atoms with Gasteiger partial charge in [0.1, 0.15) is 18.1 Å². The monoisotopic (exact) mass is 481 g/mol. The molecule has 12 heteroatoms. The number of rotatable bonds is 12.